The molecule has 8 bridgehead atoms. The van der Waals surface area contributed by atoms with Crippen LogP contribution in [0.1, 0.15) is 44.5 Å². The molecule has 48 heavy (non-hydrogen) atoms. The molecule has 16 heteroatoms. The van der Waals surface area contributed by atoms with Crippen molar-refractivity contribution in [1.82, 2.24) is 0 Å². The summed E-state index contributed by atoms with van der Waals surface area (Å²) < 4.78 is 23.0. The number of fused-ring (bicyclic) bond motifs is 8. The Kier molecular flexibility index (Phi) is 9.08. The molecule has 4 aromatic carbocycles. The lowest BCUT2D eigenvalue weighted by Crippen LogP contribution is -2.08. The fraction of sp³-hybridized carbons (Fsp3) is 0.250. The zero-order valence-corrected chi connectivity index (χ0v) is 26.1. The summed E-state index contributed by atoms with van der Waals surface area (Å²) in [7, 11) is 5.46. The van der Waals surface area contributed by atoms with Gasteiger partial charge < -0.3 is 18.9 Å². The molecule has 4 aromatic rings. The number of nitro groups is 4. The molecule has 1 aliphatic carbocycles. The van der Waals surface area contributed by atoms with Crippen molar-refractivity contribution in [1.29, 1.82) is 0 Å². The van der Waals surface area contributed by atoms with Crippen molar-refractivity contribution < 1.29 is 38.6 Å². The minimum atomic E-state index is -0.595. The Morgan fingerprint density at radius 3 is 0.625 bits per heavy atom. The summed E-state index contributed by atoms with van der Waals surface area (Å²) in [5.74, 6) is 0.890. The summed E-state index contributed by atoms with van der Waals surface area (Å²) in [6, 6.07) is 10.3. The molecule has 0 amide bonds. The van der Waals surface area contributed by atoms with Gasteiger partial charge in [0.1, 0.15) is 23.0 Å². The number of ether oxygens (including phenoxy) is 4. The van der Waals surface area contributed by atoms with E-state index in [2.05, 4.69) is 0 Å². The second kappa shape index (κ2) is 13.2. The van der Waals surface area contributed by atoms with Gasteiger partial charge in [-0.2, -0.15) is 0 Å². The predicted molar refractivity (Wildman–Crippen MR) is 170 cm³/mol. The van der Waals surface area contributed by atoms with Gasteiger partial charge in [0.05, 0.1) is 48.1 Å². The number of methoxy groups -OCH3 is 4. The standard InChI is InChI=1S/C32H28N4O12/c1-45-29-17-5-19-11-26(34(39)40)13-21(30(19)46-2)7-23-15-28(36(43)44)16-24(32(23)48-4)8-22-14-27(35(41)42)12-20(31(22)47-3)6-18(29)10-25(9-17)33(37)38/h9-16H,5-8H2,1-4H3. The van der Waals surface area contributed by atoms with Gasteiger partial charge in [-0.3, -0.25) is 40.5 Å². The largest absolute Gasteiger partial charge is 0.496 e. The van der Waals surface area contributed by atoms with E-state index in [1.54, 1.807) is 0 Å². The zero-order chi connectivity index (χ0) is 34.9. The summed E-state index contributed by atoms with van der Waals surface area (Å²) >= 11 is 0. The summed E-state index contributed by atoms with van der Waals surface area (Å²) in [6.07, 6.45) is -0.483. The molecular formula is C32H28N4O12. The van der Waals surface area contributed by atoms with Crippen molar-refractivity contribution in [2.24, 2.45) is 0 Å². The fourth-order valence-electron chi connectivity index (χ4n) is 6.29. The molecule has 0 radical (unpaired) electrons. The average molecular weight is 661 g/mol. The Hall–Kier alpha value is -6.32. The first-order valence-electron chi connectivity index (χ1n) is 14.3. The van der Waals surface area contributed by atoms with Crippen molar-refractivity contribution in [3.05, 3.63) is 133 Å². The van der Waals surface area contributed by atoms with Crippen LogP contribution in [0.3, 0.4) is 0 Å². The molecule has 16 nitrogen and oxygen atoms in total. The number of benzene rings is 4. The van der Waals surface area contributed by atoms with Crippen LogP contribution in [0.15, 0.2) is 48.5 Å². The molecule has 0 aromatic heterocycles. The second-order valence-corrected chi connectivity index (χ2v) is 10.9. The zero-order valence-electron chi connectivity index (χ0n) is 26.1. The van der Waals surface area contributed by atoms with Crippen LogP contribution >= 0.6 is 0 Å². The monoisotopic (exact) mass is 660 g/mol. The maximum Gasteiger partial charge on any atom is 0.270 e. The van der Waals surface area contributed by atoms with E-state index in [1.807, 2.05) is 0 Å². The van der Waals surface area contributed by atoms with Crippen LogP contribution in [-0.4, -0.2) is 48.1 Å². The summed E-state index contributed by atoms with van der Waals surface area (Å²) in [6.45, 7) is 0. The lowest BCUT2D eigenvalue weighted by Gasteiger charge is -2.21. The van der Waals surface area contributed by atoms with Gasteiger partial charge in [-0.15, -0.1) is 0 Å². The molecule has 0 saturated carbocycles. The number of rotatable bonds is 8. The lowest BCUT2D eigenvalue weighted by atomic mass is 9.90. The SMILES string of the molecule is COc1c2cc([N+](=O)[O-])cc1Cc1cc([N+](=O)[O-])cc(c1OC)Cc1cc([N+](=O)[O-])cc(c1OC)Cc1cc([N+](=O)[O-])cc(c1OC)C2. The van der Waals surface area contributed by atoms with Crippen LogP contribution in [0, 0.1) is 40.5 Å². The van der Waals surface area contributed by atoms with Crippen molar-refractivity contribution in [2.75, 3.05) is 28.4 Å². The minimum absolute atomic E-state index is 0.121. The Morgan fingerprint density at radius 1 is 0.375 bits per heavy atom. The molecule has 0 atom stereocenters. The topological polar surface area (TPSA) is 209 Å². The quantitative estimate of drug-likeness (QED) is 0.138. The van der Waals surface area contributed by atoms with Crippen molar-refractivity contribution in [3.63, 3.8) is 0 Å². The van der Waals surface area contributed by atoms with Gasteiger partial charge in [-0.25, -0.2) is 0 Å². The van der Waals surface area contributed by atoms with Gasteiger partial charge in [-0.05, 0) is 0 Å². The summed E-state index contributed by atoms with van der Waals surface area (Å²) in [5.41, 5.74) is 1.11. The second-order valence-electron chi connectivity index (χ2n) is 10.9. The highest BCUT2D eigenvalue weighted by molar-refractivity contribution is 5.62. The highest BCUT2D eigenvalue weighted by atomic mass is 16.6. The maximum absolute atomic E-state index is 12.1. The summed E-state index contributed by atoms with van der Waals surface area (Å²) in [5, 5.41) is 48.4. The molecule has 248 valence electrons. The molecule has 1 aliphatic rings. The average Bonchev–Trinajstić information content (AvgIpc) is 3.03. The molecule has 0 fully saturated rings. The highest BCUT2D eigenvalue weighted by Crippen LogP contribution is 2.42. The third-order valence-corrected chi connectivity index (χ3v) is 8.09. The van der Waals surface area contributed by atoms with E-state index in [1.165, 1.54) is 77.0 Å². The number of hydrogen-bond donors (Lipinski definition) is 0. The number of nitro benzene ring substituents is 4. The number of hydrogen-bond acceptors (Lipinski definition) is 12. The van der Waals surface area contributed by atoms with Gasteiger partial charge in [0, 0.05) is 119 Å². The Bertz CT molecular complexity index is 1630. The van der Waals surface area contributed by atoms with E-state index in [0.29, 0.717) is 44.5 Å². The Balaban J connectivity index is 1.93. The van der Waals surface area contributed by atoms with E-state index in [-0.39, 0.29) is 71.4 Å². The molecule has 0 heterocycles. The van der Waals surface area contributed by atoms with Crippen molar-refractivity contribution >= 4 is 22.7 Å². The number of non-ortho nitro benzene ring substituents is 4. The smallest absolute Gasteiger partial charge is 0.270 e. The normalized spacial score (nSPS) is 12.1. The Morgan fingerprint density at radius 2 is 0.521 bits per heavy atom. The molecule has 0 N–H and O–H groups in total. The van der Waals surface area contributed by atoms with Crippen LogP contribution in [-0.2, 0) is 25.7 Å². The third-order valence-electron chi connectivity index (χ3n) is 8.09. The van der Waals surface area contributed by atoms with E-state index >= 15 is 0 Å². The van der Waals surface area contributed by atoms with E-state index < -0.39 is 19.7 Å². The van der Waals surface area contributed by atoms with E-state index in [0.717, 1.165) is 0 Å². The number of nitrogens with zero attached hydrogens (tertiary/aromatic N) is 4. The van der Waals surface area contributed by atoms with Crippen molar-refractivity contribution in [3.8, 4) is 23.0 Å². The molecule has 0 unspecified atom stereocenters. The molecule has 0 saturated heterocycles. The summed E-state index contributed by atoms with van der Waals surface area (Å²) in [4.78, 5) is 46.0. The maximum atomic E-state index is 12.1. The first-order chi connectivity index (χ1) is 22.9. The van der Waals surface area contributed by atoms with Crippen LogP contribution < -0.4 is 18.9 Å². The molecular weight excluding hydrogens is 632 g/mol. The van der Waals surface area contributed by atoms with Gasteiger partial charge in [0.2, 0.25) is 0 Å². The fourth-order valence-corrected chi connectivity index (χ4v) is 6.29. The van der Waals surface area contributed by atoms with Crippen LogP contribution in [0.25, 0.3) is 0 Å². The predicted octanol–water partition coefficient (Wildman–Crippen LogP) is 6.03. The van der Waals surface area contributed by atoms with Gasteiger partial charge in [-0.1, -0.05) is 0 Å². The van der Waals surface area contributed by atoms with Gasteiger partial charge >= 0.3 is 0 Å². The van der Waals surface area contributed by atoms with Gasteiger partial charge in [0.25, 0.3) is 22.7 Å². The van der Waals surface area contributed by atoms with Crippen LogP contribution in [0.2, 0.25) is 0 Å². The van der Waals surface area contributed by atoms with Crippen LogP contribution in [0.5, 0.6) is 23.0 Å². The molecule has 0 spiro atoms. The van der Waals surface area contributed by atoms with Crippen LogP contribution in [0.4, 0.5) is 22.7 Å². The van der Waals surface area contributed by atoms with Gasteiger partial charge in [0.15, 0.2) is 0 Å². The molecule has 0 aliphatic heterocycles. The highest BCUT2D eigenvalue weighted by Gasteiger charge is 2.28. The van der Waals surface area contributed by atoms with E-state index in [4.69, 9.17) is 18.9 Å². The first-order valence-corrected chi connectivity index (χ1v) is 14.3. The first kappa shape index (κ1) is 33.1. The lowest BCUT2D eigenvalue weighted by molar-refractivity contribution is -0.385. The molecule has 5 rings (SSSR count). The van der Waals surface area contributed by atoms with E-state index in [9.17, 15) is 40.5 Å². The van der Waals surface area contributed by atoms with Crippen molar-refractivity contribution in [2.45, 2.75) is 25.7 Å². The Labute approximate surface area is 272 Å². The third kappa shape index (κ3) is 6.22. The minimum Gasteiger partial charge on any atom is -0.496 e.